The summed E-state index contributed by atoms with van der Waals surface area (Å²) in [5.74, 6) is 0.621. The molecule has 1 fully saturated rings. The van der Waals surface area contributed by atoms with Crippen molar-refractivity contribution in [1.82, 2.24) is 24.0 Å². The molecule has 1 aliphatic rings. The number of anilines is 1. The number of aryl methyl sites for hydroxylation is 1. The Morgan fingerprint density at radius 1 is 1.00 bits per heavy atom. The second kappa shape index (κ2) is 8.55. The van der Waals surface area contributed by atoms with Crippen molar-refractivity contribution >= 4 is 15.8 Å². The Morgan fingerprint density at radius 2 is 1.73 bits per heavy atom. The lowest BCUT2D eigenvalue weighted by Gasteiger charge is -2.31. The first-order valence-corrected chi connectivity index (χ1v) is 11.3. The van der Waals surface area contributed by atoms with Gasteiger partial charge in [0, 0.05) is 63.3 Å². The minimum Gasteiger partial charge on any atom is -0.366 e. The lowest BCUT2D eigenvalue weighted by molar-refractivity contribution is 0.222. The van der Waals surface area contributed by atoms with Gasteiger partial charge in [0.05, 0.1) is 5.69 Å². The van der Waals surface area contributed by atoms with E-state index in [-0.39, 0.29) is 4.90 Å². The summed E-state index contributed by atoms with van der Waals surface area (Å²) < 4.78 is 29.0. The average Bonchev–Trinajstić information content (AvgIpc) is 3.14. The molecule has 1 aliphatic heterocycles. The second-order valence-corrected chi connectivity index (χ2v) is 9.42. The van der Waals surface area contributed by atoms with Gasteiger partial charge in [-0.2, -0.15) is 9.40 Å². The minimum atomic E-state index is -3.51. The molecule has 4 rings (SSSR count). The summed E-state index contributed by atoms with van der Waals surface area (Å²) >= 11 is 0. The molecule has 0 bridgehead atoms. The smallest absolute Gasteiger partial charge is 0.244 e. The van der Waals surface area contributed by atoms with Crippen LogP contribution in [0.5, 0.6) is 0 Å². The standard InChI is InChI=1S/C21H26N6O2S/c1-25-10-12-27(13-11-25)30(28,29)19-8-9-20(23-15-19)22-14-18-16-26(2)24-21(18)17-6-4-3-5-7-17/h3-9,15-16H,10-14H2,1-2H3,(H,22,23). The molecule has 0 unspecified atom stereocenters. The van der Waals surface area contributed by atoms with E-state index in [1.807, 2.05) is 50.6 Å². The van der Waals surface area contributed by atoms with Gasteiger partial charge in [0.1, 0.15) is 10.7 Å². The van der Waals surface area contributed by atoms with Crippen molar-refractivity contribution in [1.29, 1.82) is 0 Å². The van der Waals surface area contributed by atoms with Gasteiger partial charge in [-0.3, -0.25) is 4.68 Å². The summed E-state index contributed by atoms with van der Waals surface area (Å²) in [6.07, 6.45) is 3.40. The zero-order chi connectivity index (χ0) is 21.1. The third kappa shape index (κ3) is 4.38. The number of rotatable bonds is 6. The average molecular weight is 427 g/mol. The van der Waals surface area contributed by atoms with Crippen molar-refractivity contribution in [3.05, 3.63) is 60.4 Å². The first kappa shape index (κ1) is 20.5. The molecule has 0 saturated carbocycles. The molecule has 1 saturated heterocycles. The highest BCUT2D eigenvalue weighted by molar-refractivity contribution is 7.89. The number of likely N-dealkylation sites (N-methyl/N-ethyl adjacent to an activating group) is 1. The maximum absolute atomic E-state index is 12.8. The second-order valence-electron chi connectivity index (χ2n) is 7.48. The molecule has 0 amide bonds. The van der Waals surface area contributed by atoms with Crippen molar-refractivity contribution in [3.63, 3.8) is 0 Å². The summed E-state index contributed by atoms with van der Waals surface area (Å²) in [7, 11) is 0.387. The zero-order valence-electron chi connectivity index (χ0n) is 17.2. The maximum Gasteiger partial charge on any atom is 0.244 e. The highest BCUT2D eigenvalue weighted by atomic mass is 32.2. The van der Waals surface area contributed by atoms with Crippen molar-refractivity contribution in [3.8, 4) is 11.3 Å². The van der Waals surface area contributed by atoms with E-state index in [9.17, 15) is 8.42 Å². The molecule has 30 heavy (non-hydrogen) atoms. The van der Waals surface area contributed by atoms with Crippen LogP contribution >= 0.6 is 0 Å². The van der Waals surface area contributed by atoms with Crippen LogP contribution in [0.15, 0.2) is 59.8 Å². The molecule has 2 aromatic heterocycles. The molecular weight excluding hydrogens is 400 g/mol. The number of hydrogen-bond donors (Lipinski definition) is 1. The molecule has 3 heterocycles. The molecule has 1 aromatic carbocycles. The Hall–Kier alpha value is -2.75. The number of aromatic nitrogens is 3. The molecule has 0 aliphatic carbocycles. The number of sulfonamides is 1. The summed E-state index contributed by atoms with van der Waals surface area (Å²) in [6.45, 7) is 3.02. The van der Waals surface area contributed by atoms with E-state index in [1.54, 1.807) is 16.8 Å². The lowest BCUT2D eigenvalue weighted by atomic mass is 10.1. The van der Waals surface area contributed by atoms with E-state index >= 15 is 0 Å². The zero-order valence-corrected chi connectivity index (χ0v) is 18.0. The maximum atomic E-state index is 12.8. The first-order valence-electron chi connectivity index (χ1n) is 9.90. The SMILES string of the molecule is CN1CCN(S(=O)(=O)c2ccc(NCc3cn(C)nc3-c3ccccc3)nc2)CC1. The predicted molar refractivity (Wildman–Crippen MR) is 116 cm³/mol. The topological polar surface area (TPSA) is 83.4 Å². The fourth-order valence-corrected chi connectivity index (χ4v) is 4.87. The van der Waals surface area contributed by atoms with Crippen molar-refractivity contribution in [2.24, 2.45) is 7.05 Å². The number of piperazine rings is 1. The predicted octanol–water partition coefficient (Wildman–Crippen LogP) is 2.03. The summed E-state index contributed by atoms with van der Waals surface area (Å²) in [5.41, 5.74) is 3.01. The fourth-order valence-electron chi connectivity index (χ4n) is 3.51. The quantitative estimate of drug-likeness (QED) is 0.649. The van der Waals surface area contributed by atoms with Crippen LogP contribution in [0.1, 0.15) is 5.56 Å². The highest BCUT2D eigenvalue weighted by Crippen LogP contribution is 2.23. The number of pyridine rings is 1. The molecular formula is C21H26N6O2S. The molecule has 0 radical (unpaired) electrons. The molecule has 0 atom stereocenters. The molecule has 1 N–H and O–H groups in total. The Bertz CT molecular complexity index is 1090. The third-order valence-corrected chi connectivity index (χ3v) is 7.13. The Balaban J connectivity index is 1.45. The molecule has 9 heteroatoms. The van der Waals surface area contributed by atoms with Crippen LogP contribution in [0, 0.1) is 0 Å². The largest absolute Gasteiger partial charge is 0.366 e. The van der Waals surface area contributed by atoms with E-state index in [0.29, 0.717) is 25.5 Å². The normalized spacial score (nSPS) is 15.9. The lowest BCUT2D eigenvalue weighted by Crippen LogP contribution is -2.47. The number of hydrogen-bond acceptors (Lipinski definition) is 6. The first-order chi connectivity index (χ1) is 14.4. The summed E-state index contributed by atoms with van der Waals surface area (Å²) in [5, 5.41) is 7.83. The van der Waals surface area contributed by atoms with E-state index in [0.717, 1.165) is 29.9 Å². The van der Waals surface area contributed by atoms with Crippen molar-refractivity contribution < 1.29 is 8.42 Å². The van der Waals surface area contributed by atoms with Gasteiger partial charge in [0.25, 0.3) is 0 Å². The van der Waals surface area contributed by atoms with Crippen LogP contribution in [0.4, 0.5) is 5.82 Å². The van der Waals surface area contributed by atoms with E-state index < -0.39 is 10.0 Å². The van der Waals surface area contributed by atoms with Crippen LogP contribution in [0.3, 0.4) is 0 Å². The summed E-state index contributed by atoms with van der Waals surface area (Å²) in [4.78, 5) is 6.67. The number of benzene rings is 1. The van der Waals surface area contributed by atoms with Crippen LogP contribution in [-0.4, -0.2) is 65.6 Å². The van der Waals surface area contributed by atoms with Gasteiger partial charge < -0.3 is 10.2 Å². The van der Waals surface area contributed by atoms with Gasteiger partial charge >= 0.3 is 0 Å². The molecule has 8 nitrogen and oxygen atoms in total. The fraction of sp³-hybridized carbons (Fsp3) is 0.333. The molecule has 0 spiro atoms. The Morgan fingerprint density at radius 3 is 2.40 bits per heavy atom. The van der Waals surface area contributed by atoms with Crippen LogP contribution < -0.4 is 5.32 Å². The van der Waals surface area contributed by atoms with Crippen LogP contribution in [0.2, 0.25) is 0 Å². The van der Waals surface area contributed by atoms with Gasteiger partial charge in [0.15, 0.2) is 0 Å². The highest BCUT2D eigenvalue weighted by Gasteiger charge is 2.27. The number of nitrogens with zero attached hydrogens (tertiary/aromatic N) is 5. The van der Waals surface area contributed by atoms with Gasteiger partial charge in [0.2, 0.25) is 10.0 Å². The van der Waals surface area contributed by atoms with Crippen molar-refractivity contribution in [2.75, 3.05) is 38.5 Å². The Labute approximate surface area is 177 Å². The van der Waals surface area contributed by atoms with Gasteiger partial charge in [-0.1, -0.05) is 30.3 Å². The van der Waals surface area contributed by atoms with E-state index in [4.69, 9.17) is 0 Å². The molecule has 3 aromatic rings. The number of nitrogens with one attached hydrogen (secondary N) is 1. The van der Waals surface area contributed by atoms with Crippen LogP contribution in [-0.2, 0) is 23.6 Å². The summed E-state index contributed by atoms with van der Waals surface area (Å²) in [6, 6.07) is 13.3. The minimum absolute atomic E-state index is 0.226. The Kier molecular flexibility index (Phi) is 5.85. The van der Waals surface area contributed by atoms with Crippen molar-refractivity contribution in [2.45, 2.75) is 11.4 Å². The van der Waals surface area contributed by atoms with Gasteiger partial charge in [-0.15, -0.1) is 0 Å². The monoisotopic (exact) mass is 426 g/mol. The van der Waals surface area contributed by atoms with E-state index in [1.165, 1.54) is 10.5 Å². The van der Waals surface area contributed by atoms with E-state index in [2.05, 4.69) is 20.3 Å². The third-order valence-electron chi connectivity index (χ3n) is 5.25. The van der Waals surface area contributed by atoms with Gasteiger partial charge in [-0.05, 0) is 19.2 Å². The molecule has 158 valence electrons. The van der Waals surface area contributed by atoms with Crippen LogP contribution in [0.25, 0.3) is 11.3 Å². The van der Waals surface area contributed by atoms with Gasteiger partial charge in [-0.25, -0.2) is 13.4 Å².